The standard InChI is InChI=1S/C20H26N4O2/c1-4-21-20(26)23-17-13-9-12-16(14-17)22-19(25)18(24(3)5-2)15-10-7-6-8-11-15/h6-14,18H,4-5H2,1-3H3,(H,22,25)(H2,21,23,26). The Morgan fingerprint density at radius 1 is 0.962 bits per heavy atom. The number of amides is 3. The van der Waals surface area contributed by atoms with E-state index < -0.39 is 0 Å². The number of benzene rings is 2. The molecule has 1 atom stereocenters. The van der Waals surface area contributed by atoms with Crippen molar-refractivity contribution in [1.82, 2.24) is 10.2 Å². The number of rotatable bonds is 7. The van der Waals surface area contributed by atoms with Gasteiger partial charge in [0, 0.05) is 17.9 Å². The molecule has 0 aliphatic heterocycles. The van der Waals surface area contributed by atoms with E-state index in [-0.39, 0.29) is 18.0 Å². The van der Waals surface area contributed by atoms with Crippen LogP contribution < -0.4 is 16.0 Å². The van der Waals surface area contributed by atoms with Gasteiger partial charge in [-0.25, -0.2) is 4.79 Å². The highest BCUT2D eigenvalue weighted by atomic mass is 16.2. The van der Waals surface area contributed by atoms with Gasteiger partial charge >= 0.3 is 6.03 Å². The maximum Gasteiger partial charge on any atom is 0.319 e. The number of urea groups is 1. The van der Waals surface area contributed by atoms with Gasteiger partial charge in [0.1, 0.15) is 6.04 Å². The fourth-order valence-corrected chi connectivity index (χ4v) is 2.65. The first-order valence-corrected chi connectivity index (χ1v) is 8.76. The van der Waals surface area contributed by atoms with Gasteiger partial charge in [-0.05, 0) is 44.3 Å². The lowest BCUT2D eigenvalue weighted by Gasteiger charge is -2.26. The first kappa shape index (κ1) is 19.5. The highest BCUT2D eigenvalue weighted by molar-refractivity contribution is 5.96. The predicted molar refractivity (Wildman–Crippen MR) is 105 cm³/mol. The van der Waals surface area contributed by atoms with E-state index in [1.807, 2.05) is 56.1 Å². The van der Waals surface area contributed by atoms with Gasteiger partial charge < -0.3 is 16.0 Å². The third-order valence-electron chi connectivity index (χ3n) is 4.03. The molecule has 0 saturated carbocycles. The Balaban J connectivity index is 2.15. The molecule has 0 heterocycles. The van der Waals surface area contributed by atoms with Crippen molar-refractivity contribution in [3.05, 3.63) is 60.2 Å². The topological polar surface area (TPSA) is 73.5 Å². The molecule has 2 rings (SSSR count). The molecule has 2 aromatic carbocycles. The Labute approximate surface area is 154 Å². The van der Waals surface area contributed by atoms with E-state index in [1.54, 1.807) is 24.3 Å². The molecule has 6 heteroatoms. The van der Waals surface area contributed by atoms with Crippen LogP contribution in [0.3, 0.4) is 0 Å². The normalized spacial score (nSPS) is 11.7. The maximum atomic E-state index is 12.9. The number of nitrogens with one attached hydrogen (secondary N) is 3. The number of hydrogen-bond acceptors (Lipinski definition) is 3. The van der Waals surface area contributed by atoms with Crippen LogP contribution in [-0.2, 0) is 4.79 Å². The quantitative estimate of drug-likeness (QED) is 0.713. The monoisotopic (exact) mass is 354 g/mol. The van der Waals surface area contributed by atoms with Crippen LogP contribution in [0.4, 0.5) is 16.2 Å². The van der Waals surface area contributed by atoms with Crippen LogP contribution >= 0.6 is 0 Å². The van der Waals surface area contributed by atoms with Gasteiger partial charge in [0.05, 0.1) is 0 Å². The summed E-state index contributed by atoms with van der Waals surface area (Å²) in [6.07, 6.45) is 0. The maximum absolute atomic E-state index is 12.9. The Kier molecular flexibility index (Phi) is 7.17. The summed E-state index contributed by atoms with van der Waals surface area (Å²) in [6, 6.07) is 16.1. The molecule has 0 saturated heterocycles. The molecule has 0 spiro atoms. The highest BCUT2D eigenvalue weighted by Gasteiger charge is 2.24. The fourth-order valence-electron chi connectivity index (χ4n) is 2.65. The van der Waals surface area contributed by atoms with Gasteiger partial charge in [0.25, 0.3) is 0 Å². The van der Waals surface area contributed by atoms with Crippen molar-refractivity contribution in [3.8, 4) is 0 Å². The number of likely N-dealkylation sites (N-methyl/N-ethyl adjacent to an activating group) is 1. The van der Waals surface area contributed by atoms with Crippen molar-refractivity contribution in [2.75, 3.05) is 30.8 Å². The van der Waals surface area contributed by atoms with Crippen molar-refractivity contribution in [1.29, 1.82) is 0 Å². The Morgan fingerprint density at radius 2 is 1.62 bits per heavy atom. The van der Waals surface area contributed by atoms with Crippen molar-refractivity contribution in [2.24, 2.45) is 0 Å². The molecule has 0 aliphatic rings. The minimum Gasteiger partial charge on any atom is -0.338 e. The number of hydrogen-bond donors (Lipinski definition) is 3. The van der Waals surface area contributed by atoms with E-state index in [0.29, 0.717) is 17.9 Å². The number of carbonyl (C=O) groups is 2. The zero-order chi connectivity index (χ0) is 18.9. The number of carbonyl (C=O) groups excluding carboxylic acids is 2. The largest absolute Gasteiger partial charge is 0.338 e. The summed E-state index contributed by atoms with van der Waals surface area (Å²) in [4.78, 5) is 26.5. The molecule has 3 N–H and O–H groups in total. The highest BCUT2D eigenvalue weighted by Crippen LogP contribution is 2.22. The van der Waals surface area contributed by atoms with Crippen molar-refractivity contribution in [3.63, 3.8) is 0 Å². The molecule has 0 radical (unpaired) electrons. The van der Waals surface area contributed by atoms with Crippen molar-refractivity contribution in [2.45, 2.75) is 19.9 Å². The second-order valence-electron chi connectivity index (χ2n) is 5.94. The third kappa shape index (κ3) is 5.32. The first-order valence-electron chi connectivity index (χ1n) is 8.76. The lowest BCUT2D eigenvalue weighted by Crippen LogP contribution is -2.34. The Bertz CT molecular complexity index is 734. The average molecular weight is 354 g/mol. The Hall–Kier alpha value is -2.86. The summed E-state index contributed by atoms with van der Waals surface area (Å²) in [5.41, 5.74) is 2.19. The van der Waals surface area contributed by atoms with E-state index in [9.17, 15) is 9.59 Å². The molecule has 0 aromatic heterocycles. The predicted octanol–water partition coefficient (Wildman–Crippen LogP) is 3.46. The van der Waals surface area contributed by atoms with E-state index >= 15 is 0 Å². The molecule has 0 aliphatic carbocycles. The van der Waals surface area contributed by atoms with Gasteiger partial charge in [-0.15, -0.1) is 0 Å². The SMILES string of the molecule is CCNC(=O)Nc1cccc(NC(=O)C(c2ccccc2)N(C)CC)c1. The van der Waals surface area contributed by atoms with Gasteiger partial charge in [0.2, 0.25) is 5.91 Å². The Morgan fingerprint density at radius 3 is 2.23 bits per heavy atom. The summed E-state index contributed by atoms with van der Waals surface area (Å²) in [7, 11) is 1.92. The van der Waals surface area contributed by atoms with Gasteiger partial charge in [-0.3, -0.25) is 9.69 Å². The molecule has 6 nitrogen and oxygen atoms in total. The second kappa shape index (κ2) is 9.58. The molecule has 138 valence electrons. The van der Waals surface area contributed by atoms with E-state index in [0.717, 1.165) is 12.1 Å². The zero-order valence-electron chi connectivity index (χ0n) is 15.5. The van der Waals surface area contributed by atoms with Gasteiger partial charge in [-0.1, -0.05) is 43.3 Å². The van der Waals surface area contributed by atoms with Gasteiger partial charge in [0.15, 0.2) is 0 Å². The number of anilines is 2. The fraction of sp³-hybridized carbons (Fsp3) is 0.300. The third-order valence-corrected chi connectivity index (χ3v) is 4.03. The van der Waals surface area contributed by atoms with Crippen LogP contribution in [0, 0.1) is 0 Å². The molecular weight excluding hydrogens is 328 g/mol. The molecule has 2 aromatic rings. The van der Waals surface area contributed by atoms with Crippen molar-refractivity contribution < 1.29 is 9.59 Å². The van der Waals surface area contributed by atoms with Gasteiger partial charge in [-0.2, -0.15) is 0 Å². The van der Waals surface area contributed by atoms with Crippen LogP contribution in [-0.4, -0.2) is 37.0 Å². The summed E-state index contributed by atoms with van der Waals surface area (Å²) in [5, 5.41) is 8.36. The molecular formula is C20H26N4O2. The second-order valence-corrected chi connectivity index (χ2v) is 5.94. The minimum atomic E-state index is -0.388. The van der Waals surface area contributed by atoms with Crippen molar-refractivity contribution >= 4 is 23.3 Å². The van der Waals surface area contributed by atoms with E-state index in [4.69, 9.17) is 0 Å². The zero-order valence-corrected chi connectivity index (χ0v) is 15.5. The lowest BCUT2D eigenvalue weighted by atomic mass is 10.0. The smallest absolute Gasteiger partial charge is 0.319 e. The first-order chi connectivity index (χ1) is 12.5. The van der Waals surface area contributed by atoms with E-state index in [1.165, 1.54) is 0 Å². The molecule has 1 unspecified atom stereocenters. The summed E-state index contributed by atoms with van der Waals surface area (Å²) in [6.45, 7) is 5.15. The number of nitrogens with zero attached hydrogens (tertiary/aromatic N) is 1. The molecule has 3 amide bonds. The van der Waals surface area contributed by atoms with Crippen LogP contribution in [0.15, 0.2) is 54.6 Å². The van der Waals surface area contributed by atoms with Crippen LogP contribution in [0.1, 0.15) is 25.5 Å². The van der Waals surface area contributed by atoms with Crippen LogP contribution in [0.2, 0.25) is 0 Å². The summed E-state index contributed by atoms with van der Waals surface area (Å²) < 4.78 is 0. The minimum absolute atomic E-state index is 0.115. The van der Waals surface area contributed by atoms with Crippen LogP contribution in [0.5, 0.6) is 0 Å². The molecule has 26 heavy (non-hydrogen) atoms. The lowest BCUT2D eigenvalue weighted by molar-refractivity contribution is -0.121. The molecule has 0 bridgehead atoms. The summed E-state index contributed by atoms with van der Waals surface area (Å²) >= 11 is 0. The average Bonchev–Trinajstić information content (AvgIpc) is 2.63. The molecule has 0 fully saturated rings. The van der Waals surface area contributed by atoms with E-state index in [2.05, 4.69) is 16.0 Å². The van der Waals surface area contributed by atoms with Crippen LogP contribution in [0.25, 0.3) is 0 Å². The summed E-state index contributed by atoms with van der Waals surface area (Å²) in [5.74, 6) is -0.115.